The molecule has 0 aliphatic heterocycles. The normalized spacial score (nSPS) is 10.8. The lowest BCUT2D eigenvalue weighted by atomic mass is 10.1. The second kappa shape index (κ2) is 9.30. The van der Waals surface area contributed by atoms with Gasteiger partial charge in [0.2, 0.25) is 0 Å². The van der Waals surface area contributed by atoms with Crippen LogP contribution in [-0.4, -0.2) is 24.2 Å². The number of hydrogen-bond acceptors (Lipinski definition) is 3. The van der Waals surface area contributed by atoms with E-state index in [0.717, 1.165) is 34.5 Å². The van der Waals surface area contributed by atoms with E-state index >= 15 is 0 Å². The number of carbonyl (C=O) groups is 1. The van der Waals surface area contributed by atoms with Gasteiger partial charge in [0.15, 0.2) is 0 Å². The number of esters is 1. The molecule has 2 aromatic carbocycles. The van der Waals surface area contributed by atoms with Crippen molar-refractivity contribution in [3.63, 3.8) is 0 Å². The summed E-state index contributed by atoms with van der Waals surface area (Å²) in [4.78, 5) is 15.0. The molecule has 3 rings (SSSR count). The van der Waals surface area contributed by atoms with Crippen LogP contribution in [0.3, 0.4) is 0 Å². The monoisotopic (exact) mass is 371 g/mol. The molecule has 1 N–H and O–H groups in total. The zero-order valence-electron chi connectivity index (χ0n) is 14.5. The van der Waals surface area contributed by atoms with Gasteiger partial charge in [-0.25, -0.2) is 0 Å². The van der Waals surface area contributed by atoms with E-state index in [0.29, 0.717) is 26.1 Å². The molecular formula is C21H22ClNO3. The number of aromatic amines is 1. The molecule has 4 nitrogen and oxygen atoms in total. The molecule has 0 radical (unpaired) electrons. The molecule has 0 aliphatic rings. The maximum absolute atomic E-state index is 11.8. The summed E-state index contributed by atoms with van der Waals surface area (Å²) < 4.78 is 10.9. The lowest BCUT2D eigenvalue weighted by Crippen LogP contribution is -2.08. The lowest BCUT2D eigenvalue weighted by Gasteiger charge is -2.06. The van der Waals surface area contributed by atoms with Crippen molar-refractivity contribution in [2.24, 2.45) is 0 Å². The summed E-state index contributed by atoms with van der Waals surface area (Å²) in [6.07, 6.45) is 4.63. The Morgan fingerprint density at radius 1 is 1.04 bits per heavy atom. The zero-order valence-corrected chi connectivity index (χ0v) is 15.3. The van der Waals surface area contributed by atoms with Crippen molar-refractivity contribution in [1.29, 1.82) is 0 Å². The van der Waals surface area contributed by atoms with Gasteiger partial charge in [-0.1, -0.05) is 29.8 Å². The Morgan fingerprint density at radius 3 is 2.73 bits per heavy atom. The van der Waals surface area contributed by atoms with Crippen molar-refractivity contribution in [2.75, 3.05) is 13.2 Å². The Kier molecular flexibility index (Phi) is 6.56. The van der Waals surface area contributed by atoms with Gasteiger partial charge in [0.1, 0.15) is 5.75 Å². The number of nitrogens with one attached hydrogen (secondary N) is 1. The summed E-state index contributed by atoms with van der Waals surface area (Å²) in [6, 6.07) is 15.4. The number of rotatable bonds is 9. The molecule has 136 valence electrons. The Hall–Kier alpha value is -2.46. The molecule has 0 saturated heterocycles. The number of carbonyl (C=O) groups excluding carboxylic acids is 1. The molecule has 0 saturated carbocycles. The molecule has 0 atom stereocenters. The van der Waals surface area contributed by atoms with Crippen LogP contribution in [0.25, 0.3) is 10.9 Å². The third-order valence-electron chi connectivity index (χ3n) is 4.12. The minimum atomic E-state index is -0.177. The first kappa shape index (κ1) is 18.3. The van der Waals surface area contributed by atoms with Gasteiger partial charge in [-0.3, -0.25) is 4.79 Å². The van der Waals surface area contributed by atoms with Gasteiger partial charge in [-0.2, -0.15) is 0 Å². The fourth-order valence-electron chi connectivity index (χ4n) is 2.80. The highest BCUT2D eigenvalue weighted by atomic mass is 35.5. The highest BCUT2D eigenvalue weighted by molar-refractivity contribution is 6.31. The van der Waals surface area contributed by atoms with Gasteiger partial charge >= 0.3 is 5.97 Å². The Morgan fingerprint density at radius 2 is 1.88 bits per heavy atom. The van der Waals surface area contributed by atoms with Crippen molar-refractivity contribution in [3.05, 3.63) is 65.3 Å². The van der Waals surface area contributed by atoms with Gasteiger partial charge in [-0.15, -0.1) is 0 Å². The van der Waals surface area contributed by atoms with E-state index in [1.54, 1.807) is 0 Å². The standard InChI is InChI=1S/C21H22ClNO3/c22-17-10-11-20-19(14-17)16(15-23-20)6-4-13-26-21(24)9-5-12-25-18-7-2-1-3-8-18/h1-3,7-8,10-11,14-15,23H,4-6,9,12-13H2. The predicted octanol–water partition coefficient (Wildman–Crippen LogP) is 5.16. The van der Waals surface area contributed by atoms with Gasteiger partial charge in [0.05, 0.1) is 13.2 Å². The van der Waals surface area contributed by atoms with Crippen LogP contribution >= 0.6 is 11.6 Å². The number of aryl methyl sites for hydroxylation is 1. The van der Waals surface area contributed by atoms with Crippen LogP contribution in [0.2, 0.25) is 5.02 Å². The first-order valence-corrected chi connectivity index (χ1v) is 9.19. The second-order valence-corrected chi connectivity index (χ2v) is 6.53. The zero-order chi connectivity index (χ0) is 18.2. The average molecular weight is 372 g/mol. The number of benzene rings is 2. The maximum Gasteiger partial charge on any atom is 0.305 e. The Balaban J connectivity index is 1.31. The van der Waals surface area contributed by atoms with E-state index in [4.69, 9.17) is 21.1 Å². The number of fused-ring (bicyclic) bond motifs is 1. The first-order valence-electron chi connectivity index (χ1n) is 8.81. The summed E-state index contributed by atoms with van der Waals surface area (Å²) in [6.45, 7) is 0.931. The van der Waals surface area contributed by atoms with Crippen molar-refractivity contribution < 1.29 is 14.3 Å². The van der Waals surface area contributed by atoms with Crippen molar-refractivity contribution >= 4 is 28.5 Å². The Bertz CT molecular complexity index is 845. The van der Waals surface area contributed by atoms with Gasteiger partial charge in [0.25, 0.3) is 0 Å². The van der Waals surface area contributed by atoms with Gasteiger partial charge < -0.3 is 14.5 Å². The van der Waals surface area contributed by atoms with E-state index in [1.165, 1.54) is 5.56 Å². The van der Waals surface area contributed by atoms with Gasteiger partial charge in [-0.05, 0) is 55.2 Å². The first-order chi connectivity index (χ1) is 12.7. The SMILES string of the molecule is O=C(CCCOc1ccccc1)OCCCc1c[nH]c2ccc(Cl)cc12. The van der Waals surface area contributed by atoms with E-state index < -0.39 is 0 Å². The number of para-hydroxylation sites is 1. The second-order valence-electron chi connectivity index (χ2n) is 6.09. The van der Waals surface area contributed by atoms with E-state index in [2.05, 4.69) is 4.98 Å². The summed E-state index contributed by atoms with van der Waals surface area (Å²) in [5.74, 6) is 0.642. The number of hydrogen-bond donors (Lipinski definition) is 1. The van der Waals surface area contributed by atoms with Crippen LogP contribution in [0.5, 0.6) is 5.75 Å². The average Bonchev–Trinajstić information content (AvgIpc) is 3.05. The van der Waals surface area contributed by atoms with Crippen LogP contribution in [-0.2, 0) is 16.0 Å². The van der Waals surface area contributed by atoms with Crippen molar-refractivity contribution in [2.45, 2.75) is 25.7 Å². The van der Waals surface area contributed by atoms with Gasteiger partial charge in [0, 0.05) is 28.5 Å². The van der Waals surface area contributed by atoms with Crippen molar-refractivity contribution in [1.82, 2.24) is 4.98 Å². The lowest BCUT2D eigenvalue weighted by molar-refractivity contribution is -0.144. The molecule has 1 heterocycles. The van der Waals surface area contributed by atoms with E-state index in [1.807, 2.05) is 54.7 Å². The molecule has 5 heteroatoms. The summed E-state index contributed by atoms with van der Waals surface area (Å²) in [5, 5.41) is 1.85. The van der Waals surface area contributed by atoms with Crippen LogP contribution in [0.4, 0.5) is 0 Å². The third-order valence-corrected chi connectivity index (χ3v) is 4.36. The van der Waals surface area contributed by atoms with Crippen LogP contribution in [0.15, 0.2) is 54.7 Å². The van der Waals surface area contributed by atoms with Crippen LogP contribution < -0.4 is 4.74 Å². The molecule has 0 fully saturated rings. The molecular weight excluding hydrogens is 350 g/mol. The minimum Gasteiger partial charge on any atom is -0.494 e. The van der Waals surface area contributed by atoms with E-state index in [-0.39, 0.29) is 5.97 Å². The third kappa shape index (κ3) is 5.27. The smallest absolute Gasteiger partial charge is 0.305 e. The fraction of sp³-hybridized carbons (Fsp3) is 0.286. The molecule has 3 aromatic rings. The maximum atomic E-state index is 11.8. The number of halogens is 1. The number of H-pyrrole nitrogens is 1. The molecule has 1 aromatic heterocycles. The van der Waals surface area contributed by atoms with E-state index in [9.17, 15) is 4.79 Å². The van der Waals surface area contributed by atoms with Crippen LogP contribution in [0, 0.1) is 0 Å². The highest BCUT2D eigenvalue weighted by Crippen LogP contribution is 2.23. The molecule has 0 amide bonds. The van der Waals surface area contributed by atoms with Crippen molar-refractivity contribution in [3.8, 4) is 5.75 Å². The van der Waals surface area contributed by atoms with Crippen LogP contribution in [0.1, 0.15) is 24.8 Å². The summed E-state index contributed by atoms with van der Waals surface area (Å²) in [7, 11) is 0. The topological polar surface area (TPSA) is 51.3 Å². The molecule has 0 bridgehead atoms. The minimum absolute atomic E-state index is 0.177. The quantitative estimate of drug-likeness (QED) is 0.417. The largest absolute Gasteiger partial charge is 0.494 e. The fourth-order valence-corrected chi connectivity index (χ4v) is 2.97. The summed E-state index contributed by atoms with van der Waals surface area (Å²) >= 11 is 6.06. The summed E-state index contributed by atoms with van der Waals surface area (Å²) in [5.41, 5.74) is 2.26. The highest BCUT2D eigenvalue weighted by Gasteiger charge is 2.06. The molecule has 26 heavy (non-hydrogen) atoms. The predicted molar refractivity (Wildman–Crippen MR) is 104 cm³/mol. The Labute approximate surface area is 158 Å². The molecule has 0 unspecified atom stereocenters. The number of aromatic nitrogens is 1. The number of ether oxygens (including phenoxy) is 2. The molecule has 0 aliphatic carbocycles. The molecule has 0 spiro atoms.